The minimum Gasteiger partial charge on any atom is -0.506 e. The van der Waals surface area contributed by atoms with Crippen LogP contribution in [-0.4, -0.2) is 11.0 Å². The van der Waals surface area contributed by atoms with Gasteiger partial charge in [0.1, 0.15) is 5.75 Å². The van der Waals surface area contributed by atoms with Gasteiger partial charge in [-0.2, -0.15) is 0 Å². The zero-order valence-electron chi connectivity index (χ0n) is 9.35. The number of nitrogens with one attached hydrogen (secondary N) is 1. The maximum absolute atomic E-state index is 12.0. The van der Waals surface area contributed by atoms with Crippen molar-refractivity contribution in [3.05, 3.63) is 52.5 Å². The highest BCUT2D eigenvalue weighted by atomic mass is 79.9. The summed E-state index contributed by atoms with van der Waals surface area (Å²) in [6, 6.07) is 11.5. The Hall–Kier alpha value is -2.01. The van der Waals surface area contributed by atoms with Crippen LogP contribution in [-0.2, 0) is 0 Å². The van der Waals surface area contributed by atoms with Crippen molar-refractivity contribution < 1.29 is 9.90 Å². The number of nitrogens with two attached hydrogens (primary N) is 1. The molecule has 18 heavy (non-hydrogen) atoms. The number of phenolic OH excluding ortho intramolecular Hbond substituents is 1. The fourth-order valence-electron chi connectivity index (χ4n) is 1.50. The number of nitrogen functional groups attached to an aromatic ring is 1. The first kappa shape index (κ1) is 12.4. The van der Waals surface area contributed by atoms with Crippen molar-refractivity contribution in [2.75, 3.05) is 11.1 Å². The van der Waals surface area contributed by atoms with Crippen LogP contribution >= 0.6 is 15.9 Å². The number of carbonyl (C=O) groups is 1. The smallest absolute Gasteiger partial charge is 0.257 e. The van der Waals surface area contributed by atoms with Gasteiger partial charge >= 0.3 is 0 Å². The van der Waals surface area contributed by atoms with E-state index in [4.69, 9.17) is 5.73 Å². The molecule has 0 aliphatic heterocycles. The largest absolute Gasteiger partial charge is 0.506 e. The third kappa shape index (κ3) is 2.62. The van der Waals surface area contributed by atoms with Crippen molar-refractivity contribution in [1.29, 1.82) is 0 Å². The summed E-state index contributed by atoms with van der Waals surface area (Å²) in [5, 5.41) is 12.2. The lowest BCUT2D eigenvalue weighted by molar-refractivity contribution is 0.102. The summed E-state index contributed by atoms with van der Waals surface area (Å²) in [6.07, 6.45) is 0. The number of hydrogen-bond acceptors (Lipinski definition) is 3. The number of benzene rings is 2. The van der Waals surface area contributed by atoms with Crippen LogP contribution < -0.4 is 11.1 Å². The van der Waals surface area contributed by atoms with Crippen LogP contribution in [0.3, 0.4) is 0 Å². The molecule has 0 unspecified atom stereocenters. The summed E-state index contributed by atoms with van der Waals surface area (Å²) >= 11 is 3.27. The van der Waals surface area contributed by atoms with E-state index in [-0.39, 0.29) is 11.7 Å². The van der Waals surface area contributed by atoms with Crippen molar-refractivity contribution in [2.24, 2.45) is 0 Å². The molecule has 2 rings (SSSR count). The molecule has 0 heterocycles. The van der Waals surface area contributed by atoms with Gasteiger partial charge in [0.15, 0.2) is 0 Å². The first-order valence-electron chi connectivity index (χ1n) is 5.22. The van der Waals surface area contributed by atoms with Gasteiger partial charge in [0.25, 0.3) is 5.91 Å². The summed E-state index contributed by atoms with van der Waals surface area (Å²) in [5.74, 6) is -0.359. The number of hydrogen-bond donors (Lipinski definition) is 3. The summed E-state index contributed by atoms with van der Waals surface area (Å²) in [6.45, 7) is 0. The van der Waals surface area contributed by atoms with Crippen LogP contribution in [0.2, 0.25) is 0 Å². The third-order valence-corrected chi connectivity index (χ3v) is 2.91. The topological polar surface area (TPSA) is 75.4 Å². The molecular weight excluding hydrogens is 296 g/mol. The number of halogens is 1. The van der Waals surface area contributed by atoms with Crippen molar-refractivity contribution in [3.63, 3.8) is 0 Å². The highest BCUT2D eigenvalue weighted by Crippen LogP contribution is 2.27. The van der Waals surface area contributed by atoms with Gasteiger partial charge in [-0.1, -0.05) is 28.1 Å². The number of phenols is 1. The highest BCUT2D eigenvalue weighted by molar-refractivity contribution is 9.10. The van der Waals surface area contributed by atoms with Crippen molar-refractivity contribution in [3.8, 4) is 5.75 Å². The van der Waals surface area contributed by atoms with Gasteiger partial charge in [0, 0.05) is 10.2 Å². The van der Waals surface area contributed by atoms with Gasteiger partial charge in [-0.05, 0) is 30.3 Å². The quantitative estimate of drug-likeness (QED) is 0.590. The van der Waals surface area contributed by atoms with E-state index in [1.165, 1.54) is 6.07 Å². The molecule has 92 valence electrons. The fraction of sp³-hybridized carbons (Fsp3) is 0. The van der Waals surface area contributed by atoms with Crippen LogP contribution in [0.1, 0.15) is 10.4 Å². The van der Waals surface area contributed by atoms with Crippen molar-refractivity contribution in [1.82, 2.24) is 0 Å². The van der Waals surface area contributed by atoms with E-state index in [9.17, 15) is 9.90 Å². The van der Waals surface area contributed by atoms with Crippen LogP contribution in [0.25, 0.3) is 0 Å². The summed E-state index contributed by atoms with van der Waals surface area (Å²) in [7, 11) is 0. The van der Waals surface area contributed by atoms with Crippen molar-refractivity contribution >= 4 is 33.2 Å². The molecule has 0 atom stereocenters. The monoisotopic (exact) mass is 306 g/mol. The number of rotatable bonds is 2. The zero-order chi connectivity index (χ0) is 13.1. The fourth-order valence-corrected chi connectivity index (χ4v) is 1.86. The molecule has 1 amide bonds. The van der Waals surface area contributed by atoms with E-state index < -0.39 is 0 Å². The Kier molecular flexibility index (Phi) is 3.53. The Bertz CT molecular complexity index is 599. The van der Waals surface area contributed by atoms with Crippen LogP contribution in [0.5, 0.6) is 5.75 Å². The maximum atomic E-state index is 12.0. The lowest BCUT2D eigenvalue weighted by Gasteiger charge is -2.09. The predicted molar refractivity (Wildman–Crippen MR) is 74.6 cm³/mol. The SMILES string of the molecule is Nc1ccccc1C(=O)Nc1cc(Br)ccc1O. The normalized spacial score (nSPS) is 10.1. The number of anilines is 2. The van der Waals surface area contributed by atoms with Crippen LogP contribution in [0.4, 0.5) is 11.4 Å². The van der Waals surface area contributed by atoms with Crippen LogP contribution in [0, 0.1) is 0 Å². The van der Waals surface area contributed by atoms with E-state index >= 15 is 0 Å². The summed E-state index contributed by atoms with van der Waals surface area (Å²) < 4.78 is 0.761. The second kappa shape index (κ2) is 5.10. The van der Waals surface area contributed by atoms with E-state index in [0.717, 1.165) is 4.47 Å². The minimum absolute atomic E-state index is 0.000975. The number of carbonyl (C=O) groups excluding carboxylic acids is 1. The molecular formula is C13H11BrN2O2. The van der Waals surface area contributed by atoms with Gasteiger partial charge < -0.3 is 16.2 Å². The van der Waals surface area contributed by atoms with Gasteiger partial charge in [-0.15, -0.1) is 0 Å². The molecule has 0 radical (unpaired) electrons. The standard InChI is InChI=1S/C13H11BrN2O2/c14-8-5-6-12(17)11(7-8)16-13(18)9-3-1-2-4-10(9)15/h1-7,17H,15H2,(H,16,18). The van der Waals surface area contributed by atoms with Crippen LogP contribution in [0.15, 0.2) is 46.9 Å². The molecule has 0 aliphatic carbocycles. The van der Waals surface area contributed by atoms with E-state index in [1.807, 2.05) is 0 Å². The second-order valence-electron chi connectivity index (χ2n) is 3.70. The molecule has 5 heteroatoms. The molecule has 4 nitrogen and oxygen atoms in total. The van der Waals surface area contributed by atoms with E-state index in [1.54, 1.807) is 36.4 Å². The minimum atomic E-state index is -0.360. The van der Waals surface area contributed by atoms with Gasteiger partial charge in [0.05, 0.1) is 11.3 Å². The Labute approximate surface area is 113 Å². The van der Waals surface area contributed by atoms with Gasteiger partial charge in [-0.25, -0.2) is 0 Å². The van der Waals surface area contributed by atoms with E-state index in [2.05, 4.69) is 21.2 Å². The molecule has 0 saturated carbocycles. The summed E-state index contributed by atoms with van der Waals surface area (Å²) in [4.78, 5) is 12.0. The number of para-hydroxylation sites is 1. The van der Waals surface area contributed by atoms with Gasteiger partial charge in [-0.3, -0.25) is 4.79 Å². The Balaban J connectivity index is 2.27. The molecule has 0 aliphatic rings. The Morgan fingerprint density at radius 3 is 2.67 bits per heavy atom. The lowest BCUT2D eigenvalue weighted by Crippen LogP contribution is -2.13. The predicted octanol–water partition coefficient (Wildman–Crippen LogP) is 2.99. The highest BCUT2D eigenvalue weighted by Gasteiger charge is 2.11. The molecule has 0 fully saturated rings. The third-order valence-electron chi connectivity index (χ3n) is 2.41. The molecule has 4 N–H and O–H groups in total. The molecule has 0 saturated heterocycles. The first-order chi connectivity index (χ1) is 8.58. The zero-order valence-corrected chi connectivity index (χ0v) is 10.9. The molecule has 2 aromatic rings. The average Bonchev–Trinajstić information content (AvgIpc) is 2.34. The first-order valence-corrected chi connectivity index (χ1v) is 6.01. The average molecular weight is 307 g/mol. The lowest BCUT2D eigenvalue weighted by atomic mass is 10.1. The molecule has 0 bridgehead atoms. The summed E-state index contributed by atoms with van der Waals surface area (Å²) in [5.41, 5.74) is 6.81. The molecule has 0 aromatic heterocycles. The maximum Gasteiger partial charge on any atom is 0.257 e. The number of amides is 1. The van der Waals surface area contributed by atoms with E-state index in [0.29, 0.717) is 16.9 Å². The van der Waals surface area contributed by atoms with Crippen molar-refractivity contribution in [2.45, 2.75) is 0 Å². The van der Waals surface area contributed by atoms with Gasteiger partial charge in [0.2, 0.25) is 0 Å². The molecule has 0 spiro atoms. The second-order valence-corrected chi connectivity index (χ2v) is 4.62. The Morgan fingerprint density at radius 2 is 1.94 bits per heavy atom. The Morgan fingerprint density at radius 1 is 1.22 bits per heavy atom. The molecule has 2 aromatic carbocycles. The number of aromatic hydroxyl groups is 1.